The van der Waals surface area contributed by atoms with Crippen LogP contribution < -0.4 is 9.50 Å². The Morgan fingerprint density at radius 2 is 1.59 bits per heavy atom. The second-order valence-electron chi connectivity index (χ2n) is 7.34. The molecule has 1 atom stereocenters. The highest BCUT2D eigenvalue weighted by Gasteiger charge is 2.21. The summed E-state index contributed by atoms with van der Waals surface area (Å²) >= 11 is 0. The molecule has 0 saturated carbocycles. The molecule has 3 aromatic rings. The Morgan fingerprint density at radius 3 is 2.26 bits per heavy atom. The molecule has 0 radical (unpaired) electrons. The molecule has 3 aromatic carbocycles. The van der Waals surface area contributed by atoms with Crippen LogP contribution in [0.2, 0.25) is 0 Å². The molecule has 9 heteroatoms. The van der Waals surface area contributed by atoms with Crippen molar-refractivity contribution in [3.63, 3.8) is 0 Å². The molecule has 1 N–H and O–H groups in total. The fourth-order valence-electron chi connectivity index (χ4n) is 3.16. The molecule has 1 amide bonds. The summed E-state index contributed by atoms with van der Waals surface area (Å²) in [6, 6.07) is 23.3. The van der Waals surface area contributed by atoms with Crippen LogP contribution in [0.4, 0.5) is 4.79 Å². The number of rotatable bonds is 10. The third-order valence-electron chi connectivity index (χ3n) is 4.91. The predicted molar refractivity (Wildman–Crippen MR) is 125 cm³/mol. The quantitative estimate of drug-likeness (QED) is 0.343. The van der Waals surface area contributed by atoms with Gasteiger partial charge >= 0.3 is 22.2 Å². The normalized spacial score (nSPS) is 11.8. The third kappa shape index (κ3) is 7.35. The minimum absolute atomic E-state index is 0.0225. The molecule has 0 aliphatic rings. The van der Waals surface area contributed by atoms with Gasteiger partial charge in [0.1, 0.15) is 17.3 Å². The van der Waals surface area contributed by atoms with E-state index < -0.39 is 28.1 Å². The fraction of sp³-hybridized carbons (Fsp3) is 0.200. The molecule has 0 fully saturated rings. The lowest BCUT2D eigenvalue weighted by Crippen LogP contribution is -2.30. The maximum atomic E-state index is 12.5. The lowest BCUT2D eigenvalue weighted by atomic mass is 9.95. The first-order valence-electron chi connectivity index (χ1n) is 10.5. The van der Waals surface area contributed by atoms with Crippen molar-refractivity contribution in [2.75, 3.05) is 13.7 Å². The Kier molecular flexibility index (Phi) is 8.64. The predicted octanol–water partition coefficient (Wildman–Crippen LogP) is 4.03. The Bertz CT molecular complexity index is 1200. The van der Waals surface area contributed by atoms with Crippen LogP contribution in [0.5, 0.6) is 5.75 Å². The molecule has 0 saturated heterocycles. The van der Waals surface area contributed by atoms with Gasteiger partial charge in [-0.2, -0.15) is 8.42 Å². The van der Waals surface area contributed by atoms with E-state index in [0.717, 1.165) is 5.56 Å². The van der Waals surface area contributed by atoms with Crippen LogP contribution in [0.25, 0.3) is 0 Å². The topological polar surface area (TPSA) is 108 Å². The largest absolute Gasteiger partial charge is 0.469 e. The number of carbonyl (C=O) groups excluding carboxylic acids is 2. The van der Waals surface area contributed by atoms with Crippen LogP contribution in [-0.4, -0.2) is 34.1 Å². The molecule has 0 aliphatic carbocycles. The smallest absolute Gasteiger partial charge is 0.407 e. The van der Waals surface area contributed by atoms with Crippen molar-refractivity contribution in [1.29, 1.82) is 0 Å². The second-order valence-corrected chi connectivity index (χ2v) is 8.89. The van der Waals surface area contributed by atoms with Crippen molar-refractivity contribution in [2.45, 2.75) is 23.8 Å². The molecule has 0 bridgehead atoms. The standard InChI is InChI=1S/C25H25NO7S/c1-31-24(27)16-21(17-26-25(28)32-18-19-9-4-2-5-10-19)20-11-8-12-22(15-20)33-34(29,30)23-13-6-3-7-14-23/h2-15,21H,16-18H2,1H3,(H,26,28). The molecule has 0 aromatic heterocycles. The van der Waals surface area contributed by atoms with Crippen LogP contribution in [0.1, 0.15) is 23.5 Å². The maximum Gasteiger partial charge on any atom is 0.407 e. The summed E-state index contributed by atoms with van der Waals surface area (Å²) in [4.78, 5) is 24.1. The minimum Gasteiger partial charge on any atom is -0.469 e. The molecule has 3 rings (SSSR count). The van der Waals surface area contributed by atoms with Crippen molar-refractivity contribution in [1.82, 2.24) is 5.32 Å². The molecule has 8 nitrogen and oxygen atoms in total. The first kappa shape index (κ1) is 24.8. The van der Waals surface area contributed by atoms with Gasteiger partial charge in [-0.25, -0.2) is 4.79 Å². The highest BCUT2D eigenvalue weighted by molar-refractivity contribution is 7.87. The number of carbonyl (C=O) groups is 2. The average molecular weight is 484 g/mol. The number of methoxy groups -OCH3 is 1. The van der Waals surface area contributed by atoms with Gasteiger partial charge in [-0.1, -0.05) is 60.7 Å². The van der Waals surface area contributed by atoms with Gasteiger partial charge in [0.15, 0.2) is 0 Å². The lowest BCUT2D eigenvalue weighted by Gasteiger charge is -2.18. The van der Waals surface area contributed by atoms with E-state index in [1.165, 1.54) is 31.4 Å². The first-order valence-corrected chi connectivity index (χ1v) is 11.9. The molecular weight excluding hydrogens is 458 g/mol. The van der Waals surface area contributed by atoms with Gasteiger partial charge in [-0.3, -0.25) is 4.79 Å². The van der Waals surface area contributed by atoms with Gasteiger partial charge in [0, 0.05) is 12.5 Å². The van der Waals surface area contributed by atoms with E-state index in [9.17, 15) is 18.0 Å². The maximum absolute atomic E-state index is 12.5. The van der Waals surface area contributed by atoms with E-state index in [1.807, 2.05) is 30.3 Å². The van der Waals surface area contributed by atoms with Crippen LogP contribution in [0.15, 0.2) is 89.8 Å². The Morgan fingerprint density at radius 1 is 0.912 bits per heavy atom. The van der Waals surface area contributed by atoms with E-state index in [2.05, 4.69) is 5.32 Å². The van der Waals surface area contributed by atoms with Crippen LogP contribution in [-0.2, 0) is 31.0 Å². The molecule has 0 spiro atoms. The molecule has 0 aliphatic heterocycles. The Balaban J connectivity index is 1.69. The van der Waals surface area contributed by atoms with E-state index in [-0.39, 0.29) is 30.2 Å². The number of esters is 1. The number of hydrogen-bond donors (Lipinski definition) is 1. The zero-order chi connectivity index (χ0) is 24.4. The average Bonchev–Trinajstić information content (AvgIpc) is 2.86. The number of ether oxygens (including phenoxy) is 2. The number of alkyl carbamates (subject to hydrolysis) is 1. The monoisotopic (exact) mass is 483 g/mol. The summed E-state index contributed by atoms with van der Waals surface area (Å²) in [5, 5.41) is 2.65. The van der Waals surface area contributed by atoms with Crippen LogP contribution in [0.3, 0.4) is 0 Å². The Labute approximate surface area is 198 Å². The highest BCUT2D eigenvalue weighted by Crippen LogP contribution is 2.26. The van der Waals surface area contributed by atoms with Gasteiger partial charge in [-0.15, -0.1) is 0 Å². The van der Waals surface area contributed by atoms with Gasteiger partial charge in [0.2, 0.25) is 0 Å². The molecule has 34 heavy (non-hydrogen) atoms. The van der Waals surface area contributed by atoms with Gasteiger partial charge < -0.3 is 19.0 Å². The zero-order valence-corrected chi connectivity index (χ0v) is 19.4. The minimum atomic E-state index is -4.02. The van der Waals surface area contributed by atoms with Crippen LogP contribution >= 0.6 is 0 Å². The summed E-state index contributed by atoms with van der Waals surface area (Å²) in [7, 11) is -2.75. The molecular formula is C25H25NO7S. The summed E-state index contributed by atoms with van der Waals surface area (Å²) in [5.74, 6) is -0.893. The third-order valence-corrected chi connectivity index (χ3v) is 6.17. The fourth-order valence-corrected chi connectivity index (χ4v) is 4.10. The lowest BCUT2D eigenvalue weighted by molar-refractivity contribution is -0.141. The zero-order valence-electron chi connectivity index (χ0n) is 18.5. The highest BCUT2D eigenvalue weighted by atomic mass is 32.2. The number of hydrogen-bond acceptors (Lipinski definition) is 7. The summed E-state index contributed by atoms with van der Waals surface area (Å²) in [6.07, 6.45) is -0.678. The molecule has 178 valence electrons. The van der Waals surface area contributed by atoms with E-state index in [1.54, 1.807) is 30.3 Å². The van der Waals surface area contributed by atoms with Crippen molar-refractivity contribution in [2.24, 2.45) is 0 Å². The van der Waals surface area contributed by atoms with Crippen LogP contribution in [0, 0.1) is 0 Å². The van der Waals surface area contributed by atoms with E-state index in [0.29, 0.717) is 5.56 Å². The van der Waals surface area contributed by atoms with Crippen molar-refractivity contribution in [3.8, 4) is 5.75 Å². The van der Waals surface area contributed by atoms with Crippen molar-refractivity contribution < 1.29 is 31.7 Å². The molecule has 0 heterocycles. The second kappa shape index (κ2) is 11.9. The number of nitrogens with one attached hydrogen (secondary N) is 1. The first-order chi connectivity index (χ1) is 16.4. The SMILES string of the molecule is COC(=O)CC(CNC(=O)OCc1ccccc1)c1cccc(OS(=O)(=O)c2ccccc2)c1. The summed E-state index contributed by atoms with van der Waals surface area (Å²) < 4.78 is 40.3. The van der Waals surface area contributed by atoms with Gasteiger partial charge in [0.05, 0.1) is 13.5 Å². The number of amides is 1. The van der Waals surface area contributed by atoms with Gasteiger partial charge in [0.25, 0.3) is 0 Å². The van der Waals surface area contributed by atoms with Crippen molar-refractivity contribution in [3.05, 3.63) is 96.1 Å². The number of benzene rings is 3. The van der Waals surface area contributed by atoms with E-state index in [4.69, 9.17) is 13.7 Å². The Hall–Kier alpha value is -3.85. The van der Waals surface area contributed by atoms with E-state index >= 15 is 0 Å². The summed E-state index contributed by atoms with van der Waals surface area (Å²) in [5.41, 5.74) is 1.43. The van der Waals surface area contributed by atoms with Crippen molar-refractivity contribution >= 4 is 22.2 Å². The molecule has 1 unspecified atom stereocenters. The summed E-state index contributed by atoms with van der Waals surface area (Å²) in [6.45, 7) is 0.173. The van der Waals surface area contributed by atoms with Gasteiger partial charge in [-0.05, 0) is 35.4 Å².